The molecule has 2 aliphatic rings. The molecule has 23 heavy (non-hydrogen) atoms. The lowest BCUT2D eigenvalue weighted by Crippen LogP contribution is -2.52. The van der Waals surface area contributed by atoms with Crippen molar-refractivity contribution in [1.82, 2.24) is 9.80 Å². The summed E-state index contributed by atoms with van der Waals surface area (Å²) in [7, 11) is 0. The second-order valence-corrected chi connectivity index (χ2v) is 6.95. The summed E-state index contributed by atoms with van der Waals surface area (Å²) in [5.41, 5.74) is 7.29. The van der Waals surface area contributed by atoms with Gasteiger partial charge in [0, 0.05) is 19.1 Å². The summed E-state index contributed by atoms with van der Waals surface area (Å²) < 4.78 is 0. The molecular weight excluding hydrogens is 286 g/mol. The van der Waals surface area contributed by atoms with E-state index in [1.807, 2.05) is 35.2 Å². The van der Waals surface area contributed by atoms with Crippen LogP contribution in [0.15, 0.2) is 30.3 Å². The van der Waals surface area contributed by atoms with Gasteiger partial charge in [0.05, 0.1) is 6.04 Å². The predicted octanol–water partition coefficient (Wildman–Crippen LogP) is 2.03. The van der Waals surface area contributed by atoms with Crippen molar-refractivity contribution in [2.75, 3.05) is 26.2 Å². The minimum Gasteiger partial charge on any atom is -0.341 e. The molecule has 4 heteroatoms. The number of amides is 1. The van der Waals surface area contributed by atoms with Crippen molar-refractivity contribution < 1.29 is 4.79 Å². The second kappa shape index (κ2) is 7.93. The number of hydrogen-bond acceptors (Lipinski definition) is 3. The number of rotatable bonds is 4. The van der Waals surface area contributed by atoms with Crippen LogP contribution < -0.4 is 5.73 Å². The average Bonchev–Trinajstić information content (AvgIpc) is 2.63. The van der Waals surface area contributed by atoms with Crippen LogP contribution in [-0.2, 0) is 11.2 Å². The van der Waals surface area contributed by atoms with Crippen molar-refractivity contribution in [2.45, 2.75) is 50.6 Å². The van der Waals surface area contributed by atoms with Crippen molar-refractivity contribution in [3.05, 3.63) is 35.9 Å². The number of piperidine rings is 2. The minimum absolute atomic E-state index is 0.117. The lowest BCUT2D eigenvalue weighted by atomic mass is 9.98. The van der Waals surface area contributed by atoms with Gasteiger partial charge in [0.2, 0.25) is 5.91 Å². The Morgan fingerprint density at radius 2 is 1.70 bits per heavy atom. The Kier molecular flexibility index (Phi) is 5.68. The molecule has 2 saturated heterocycles. The summed E-state index contributed by atoms with van der Waals surface area (Å²) in [6, 6.07) is 10.3. The van der Waals surface area contributed by atoms with Crippen LogP contribution in [0.3, 0.4) is 0 Å². The number of nitrogens with zero attached hydrogens (tertiary/aromatic N) is 2. The molecule has 0 bridgehead atoms. The van der Waals surface area contributed by atoms with Gasteiger partial charge in [0.1, 0.15) is 0 Å². The first-order valence-corrected chi connectivity index (χ1v) is 9.06. The van der Waals surface area contributed by atoms with Crippen LogP contribution in [0.5, 0.6) is 0 Å². The third-order valence-electron chi connectivity index (χ3n) is 5.30. The highest BCUT2D eigenvalue weighted by Crippen LogP contribution is 2.21. The Hall–Kier alpha value is -1.39. The fourth-order valence-electron chi connectivity index (χ4n) is 3.92. The molecule has 1 unspecified atom stereocenters. The van der Waals surface area contributed by atoms with Crippen molar-refractivity contribution in [2.24, 2.45) is 5.73 Å². The van der Waals surface area contributed by atoms with E-state index in [1.54, 1.807) is 0 Å². The topological polar surface area (TPSA) is 49.6 Å². The van der Waals surface area contributed by atoms with Crippen LogP contribution in [0.1, 0.15) is 37.7 Å². The first-order valence-electron chi connectivity index (χ1n) is 9.06. The lowest BCUT2D eigenvalue weighted by Gasteiger charge is -2.40. The van der Waals surface area contributed by atoms with Gasteiger partial charge >= 0.3 is 0 Å². The molecule has 3 rings (SSSR count). The molecule has 0 saturated carbocycles. The zero-order valence-corrected chi connectivity index (χ0v) is 14.0. The Morgan fingerprint density at radius 1 is 1.04 bits per heavy atom. The normalized spacial score (nSPS) is 22.0. The number of carbonyl (C=O) groups excluding carboxylic acids is 1. The molecule has 1 aromatic carbocycles. The molecule has 2 N–H and O–H groups in total. The molecular formula is C19H29N3O. The SMILES string of the molecule is NC(Cc1ccccc1)C(=O)N1CCC(N2CCCCC2)CC1. The summed E-state index contributed by atoms with van der Waals surface area (Å²) in [5, 5.41) is 0. The van der Waals surface area contributed by atoms with Gasteiger partial charge in [-0.05, 0) is 50.8 Å². The first kappa shape index (κ1) is 16.5. The second-order valence-electron chi connectivity index (χ2n) is 6.95. The number of hydrogen-bond donors (Lipinski definition) is 1. The molecule has 2 fully saturated rings. The molecule has 4 nitrogen and oxygen atoms in total. The zero-order valence-electron chi connectivity index (χ0n) is 14.0. The largest absolute Gasteiger partial charge is 0.341 e. The van der Waals surface area contributed by atoms with E-state index in [1.165, 1.54) is 32.4 Å². The van der Waals surface area contributed by atoms with Gasteiger partial charge in [-0.25, -0.2) is 0 Å². The van der Waals surface area contributed by atoms with Gasteiger partial charge in [0.25, 0.3) is 0 Å². The summed E-state index contributed by atoms with van der Waals surface area (Å²) in [6.07, 6.45) is 6.88. The molecule has 0 aromatic heterocycles. The van der Waals surface area contributed by atoms with Crippen molar-refractivity contribution in [1.29, 1.82) is 0 Å². The van der Waals surface area contributed by atoms with E-state index in [2.05, 4.69) is 4.90 Å². The maximum absolute atomic E-state index is 12.6. The number of carbonyl (C=O) groups is 1. The van der Waals surface area contributed by atoms with Crippen molar-refractivity contribution >= 4 is 5.91 Å². The van der Waals surface area contributed by atoms with Crippen LogP contribution in [0.2, 0.25) is 0 Å². The van der Waals surface area contributed by atoms with Crippen molar-refractivity contribution in [3.8, 4) is 0 Å². The Labute approximate surface area is 139 Å². The Balaban J connectivity index is 1.47. The predicted molar refractivity (Wildman–Crippen MR) is 93.1 cm³/mol. The molecule has 1 amide bonds. The molecule has 0 aliphatic carbocycles. The number of benzene rings is 1. The lowest BCUT2D eigenvalue weighted by molar-refractivity contribution is -0.134. The van der Waals surface area contributed by atoms with E-state index in [0.717, 1.165) is 31.5 Å². The molecule has 2 aliphatic heterocycles. The summed E-state index contributed by atoms with van der Waals surface area (Å²) >= 11 is 0. The van der Waals surface area contributed by atoms with Gasteiger partial charge in [-0.3, -0.25) is 4.79 Å². The molecule has 1 aromatic rings. The third kappa shape index (κ3) is 4.33. The highest BCUT2D eigenvalue weighted by Gasteiger charge is 2.29. The van der Waals surface area contributed by atoms with E-state index < -0.39 is 6.04 Å². The maximum atomic E-state index is 12.6. The van der Waals surface area contributed by atoms with Gasteiger partial charge in [0.15, 0.2) is 0 Å². The standard InChI is InChI=1S/C19H29N3O/c20-18(15-16-7-3-1-4-8-16)19(23)22-13-9-17(10-14-22)21-11-5-2-6-12-21/h1,3-4,7-8,17-18H,2,5-6,9-15,20H2. The Bertz CT molecular complexity index is 491. The van der Waals surface area contributed by atoms with Gasteiger partial charge in [-0.2, -0.15) is 0 Å². The number of nitrogens with two attached hydrogens (primary N) is 1. The van der Waals surface area contributed by atoms with Crippen LogP contribution in [-0.4, -0.2) is 54.0 Å². The average molecular weight is 315 g/mol. The van der Waals surface area contributed by atoms with Gasteiger partial charge in [-0.15, -0.1) is 0 Å². The highest BCUT2D eigenvalue weighted by atomic mass is 16.2. The van der Waals surface area contributed by atoms with Gasteiger partial charge < -0.3 is 15.5 Å². The van der Waals surface area contributed by atoms with Gasteiger partial charge in [-0.1, -0.05) is 36.8 Å². The summed E-state index contributed by atoms with van der Waals surface area (Å²) in [6.45, 7) is 4.21. The first-order chi connectivity index (χ1) is 11.2. The molecule has 0 spiro atoms. The monoisotopic (exact) mass is 315 g/mol. The molecule has 0 radical (unpaired) electrons. The Morgan fingerprint density at radius 3 is 2.35 bits per heavy atom. The van der Waals surface area contributed by atoms with E-state index in [9.17, 15) is 4.79 Å². The third-order valence-corrected chi connectivity index (χ3v) is 5.30. The van der Waals surface area contributed by atoms with E-state index in [0.29, 0.717) is 12.5 Å². The highest BCUT2D eigenvalue weighted by molar-refractivity contribution is 5.82. The van der Waals surface area contributed by atoms with E-state index >= 15 is 0 Å². The van der Waals surface area contributed by atoms with Crippen LogP contribution in [0.4, 0.5) is 0 Å². The van der Waals surface area contributed by atoms with E-state index in [4.69, 9.17) is 5.73 Å². The number of likely N-dealkylation sites (tertiary alicyclic amines) is 2. The van der Waals surface area contributed by atoms with E-state index in [-0.39, 0.29) is 5.91 Å². The quantitative estimate of drug-likeness (QED) is 0.925. The smallest absolute Gasteiger partial charge is 0.239 e. The van der Waals surface area contributed by atoms with Crippen LogP contribution in [0.25, 0.3) is 0 Å². The maximum Gasteiger partial charge on any atom is 0.239 e. The summed E-state index contributed by atoms with van der Waals surface area (Å²) in [4.78, 5) is 17.2. The molecule has 1 atom stereocenters. The molecule has 126 valence electrons. The van der Waals surface area contributed by atoms with Crippen molar-refractivity contribution in [3.63, 3.8) is 0 Å². The van der Waals surface area contributed by atoms with Crippen LogP contribution >= 0.6 is 0 Å². The fraction of sp³-hybridized carbons (Fsp3) is 0.632. The zero-order chi connectivity index (χ0) is 16.1. The molecule has 2 heterocycles. The summed E-state index contributed by atoms with van der Waals surface area (Å²) in [5.74, 6) is 0.117. The minimum atomic E-state index is -0.413. The van der Waals surface area contributed by atoms with Crippen LogP contribution in [0, 0.1) is 0 Å². The fourth-order valence-corrected chi connectivity index (χ4v) is 3.92.